The fourth-order valence-electron chi connectivity index (χ4n) is 1.98. The van der Waals surface area contributed by atoms with E-state index in [0.717, 1.165) is 23.6 Å². The normalized spacial score (nSPS) is 12.4. The van der Waals surface area contributed by atoms with E-state index in [1.54, 1.807) is 0 Å². The summed E-state index contributed by atoms with van der Waals surface area (Å²) in [5.74, 6) is 0. The van der Waals surface area contributed by atoms with Gasteiger partial charge in [-0.3, -0.25) is 4.31 Å². The van der Waals surface area contributed by atoms with Gasteiger partial charge in [0.2, 0.25) is 20.0 Å². The Bertz CT molecular complexity index is 661. The van der Waals surface area contributed by atoms with E-state index >= 15 is 0 Å². The maximum atomic E-state index is 11.9. The lowest BCUT2D eigenvalue weighted by Crippen LogP contribution is -2.38. The van der Waals surface area contributed by atoms with Crippen molar-refractivity contribution in [3.63, 3.8) is 0 Å². The zero-order chi connectivity index (χ0) is 15.6. The van der Waals surface area contributed by atoms with Crippen LogP contribution in [-0.2, 0) is 20.0 Å². The van der Waals surface area contributed by atoms with Crippen LogP contribution >= 0.6 is 0 Å². The van der Waals surface area contributed by atoms with Gasteiger partial charge in [-0.1, -0.05) is 18.2 Å². The van der Waals surface area contributed by atoms with Crippen molar-refractivity contribution in [2.75, 3.05) is 29.9 Å². The van der Waals surface area contributed by atoms with Crippen LogP contribution in [-0.4, -0.2) is 42.4 Å². The van der Waals surface area contributed by atoms with Crippen LogP contribution < -0.4 is 9.03 Å². The van der Waals surface area contributed by atoms with Crippen molar-refractivity contribution < 1.29 is 16.8 Å². The molecule has 8 heteroatoms. The highest BCUT2D eigenvalue weighted by molar-refractivity contribution is 7.92. The van der Waals surface area contributed by atoms with Crippen molar-refractivity contribution in [2.24, 2.45) is 0 Å². The van der Waals surface area contributed by atoms with E-state index in [9.17, 15) is 16.8 Å². The summed E-state index contributed by atoms with van der Waals surface area (Å²) in [4.78, 5) is 0. The number of nitrogens with one attached hydrogen (secondary N) is 1. The minimum absolute atomic E-state index is 0.0275. The summed E-state index contributed by atoms with van der Waals surface area (Å²) in [5, 5.41) is 0. The summed E-state index contributed by atoms with van der Waals surface area (Å²) in [6.07, 6.45) is 2.15. The molecule has 0 aliphatic heterocycles. The zero-order valence-corrected chi connectivity index (χ0v) is 13.7. The molecule has 1 aromatic rings. The molecule has 0 amide bonds. The van der Waals surface area contributed by atoms with Crippen molar-refractivity contribution in [3.8, 4) is 0 Å². The van der Waals surface area contributed by atoms with Crippen molar-refractivity contribution in [2.45, 2.75) is 13.8 Å². The van der Waals surface area contributed by atoms with Gasteiger partial charge in [-0.05, 0) is 25.0 Å². The molecule has 0 saturated carbocycles. The molecular formula is C12H20N2O4S2. The van der Waals surface area contributed by atoms with E-state index in [4.69, 9.17) is 0 Å². The second-order valence-electron chi connectivity index (χ2n) is 4.74. The highest BCUT2D eigenvalue weighted by Crippen LogP contribution is 2.26. The van der Waals surface area contributed by atoms with Gasteiger partial charge in [0.25, 0.3) is 0 Å². The van der Waals surface area contributed by atoms with Crippen LogP contribution in [0.25, 0.3) is 0 Å². The van der Waals surface area contributed by atoms with Gasteiger partial charge < -0.3 is 0 Å². The number of para-hydroxylation sites is 1. The Labute approximate surface area is 120 Å². The number of sulfonamides is 2. The molecule has 0 aromatic heterocycles. The molecule has 1 aromatic carbocycles. The number of aryl methyl sites for hydroxylation is 2. The van der Waals surface area contributed by atoms with Gasteiger partial charge in [0.15, 0.2) is 0 Å². The SMILES string of the molecule is Cc1cccc(C)c1N(CCNS(C)(=O)=O)S(C)(=O)=O. The fourth-order valence-corrected chi connectivity index (χ4v) is 3.48. The molecule has 0 unspecified atom stereocenters. The number of hydrogen-bond acceptors (Lipinski definition) is 4. The third-order valence-electron chi connectivity index (χ3n) is 2.77. The summed E-state index contributed by atoms with van der Waals surface area (Å²) in [6, 6.07) is 5.50. The lowest BCUT2D eigenvalue weighted by molar-refractivity contribution is 0.583. The van der Waals surface area contributed by atoms with Crippen molar-refractivity contribution >= 4 is 25.7 Å². The van der Waals surface area contributed by atoms with Crippen LogP contribution in [0.5, 0.6) is 0 Å². The van der Waals surface area contributed by atoms with Gasteiger partial charge in [0.05, 0.1) is 18.2 Å². The predicted octanol–water partition coefficient (Wildman–Crippen LogP) is 0.619. The van der Waals surface area contributed by atoms with Crippen LogP contribution in [0, 0.1) is 13.8 Å². The molecule has 0 aliphatic carbocycles. The van der Waals surface area contributed by atoms with E-state index in [0.29, 0.717) is 5.69 Å². The van der Waals surface area contributed by atoms with Crippen molar-refractivity contribution in [3.05, 3.63) is 29.3 Å². The molecule has 0 heterocycles. The number of nitrogens with zero attached hydrogens (tertiary/aromatic N) is 1. The molecule has 1 rings (SSSR count). The quantitative estimate of drug-likeness (QED) is 0.833. The van der Waals surface area contributed by atoms with E-state index in [-0.39, 0.29) is 13.1 Å². The van der Waals surface area contributed by atoms with E-state index in [1.807, 2.05) is 32.0 Å². The number of benzene rings is 1. The summed E-state index contributed by atoms with van der Waals surface area (Å²) < 4.78 is 49.5. The number of anilines is 1. The fraction of sp³-hybridized carbons (Fsp3) is 0.500. The Hall–Kier alpha value is -1.12. The van der Waals surface area contributed by atoms with Gasteiger partial charge in [-0.2, -0.15) is 0 Å². The summed E-state index contributed by atoms with van der Waals surface area (Å²) in [6.45, 7) is 3.73. The summed E-state index contributed by atoms with van der Waals surface area (Å²) in [7, 11) is -6.82. The first-order valence-electron chi connectivity index (χ1n) is 6.01. The van der Waals surface area contributed by atoms with Crippen LogP contribution in [0.15, 0.2) is 18.2 Å². The molecule has 0 fully saturated rings. The monoisotopic (exact) mass is 320 g/mol. The highest BCUT2D eigenvalue weighted by Gasteiger charge is 2.20. The Morgan fingerprint density at radius 3 is 1.95 bits per heavy atom. The standard InChI is InChI=1S/C12H20N2O4S2/c1-10-6-5-7-11(2)12(10)14(20(4,17)18)9-8-13-19(3,15)16/h5-7,13H,8-9H2,1-4H3. The molecule has 0 aliphatic rings. The smallest absolute Gasteiger partial charge is 0.232 e. The van der Waals surface area contributed by atoms with Gasteiger partial charge in [-0.25, -0.2) is 21.6 Å². The summed E-state index contributed by atoms with van der Waals surface area (Å²) in [5.41, 5.74) is 2.26. The van der Waals surface area contributed by atoms with Gasteiger partial charge in [-0.15, -0.1) is 0 Å². The van der Waals surface area contributed by atoms with Crippen LogP contribution in [0.1, 0.15) is 11.1 Å². The lowest BCUT2D eigenvalue weighted by Gasteiger charge is -2.25. The Kier molecular flexibility index (Phi) is 5.17. The first-order chi connectivity index (χ1) is 9.02. The lowest BCUT2D eigenvalue weighted by atomic mass is 10.1. The molecule has 20 heavy (non-hydrogen) atoms. The Balaban J connectivity index is 3.09. The molecule has 0 spiro atoms. The second-order valence-corrected chi connectivity index (χ2v) is 8.48. The van der Waals surface area contributed by atoms with Crippen molar-refractivity contribution in [1.82, 2.24) is 4.72 Å². The maximum Gasteiger partial charge on any atom is 0.232 e. The summed E-state index contributed by atoms with van der Waals surface area (Å²) >= 11 is 0. The third-order valence-corrected chi connectivity index (χ3v) is 4.66. The zero-order valence-electron chi connectivity index (χ0n) is 12.0. The molecule has 0 saturated heterocycles. The van der Waals surface area contributed by atoms with E-state index in [1.165, 1.54) is 4.31 Å². The molecular weight excluding hydrogens is 300 g/mol. The largest absolute Gasteiger partial charge is 0.269 e. The van der Waals surface area contributed by atoms with Gasteiger partial charge in [0.1, 0.15) is 0 Å². The highest BCUT2D eigenvalue weighted by atomic mass is 32.2. The molecule has 0 bridgehead atoms. The van der Waals surface area contributed by atoms with Crippen LogP contribution in [0.3, 0.4) is 0 Å². The minimum Gasteiger partial charge on any atom is -0.269 e. The average Bonchev–Trinajstić information content (AvgIpc) is 2.23. The second kappa shape index (κ2) is 6.11. The molecule has 0 atom stereocenters. The first-order valence-corrected chi connectivity index (χ1v) is 9.75. The average molecular weight is 320 g/mol. The number of hydrogen-bond donors (Lipinski definition) is 1. The minimum atomic E-state index is -3.48. The predicted molar refractivity (Wildman–Crippen MR) is 81.0 cm³/mol. The van der Waals surface area contributed by atoms with E-state index < -0.39 is 20.0 Å². The van der Waals surface area contributed by atoms with Crippen LogP contribution in [0.4, 0.5) is 5.69 Å². The van der Waals surface area contributed by atoms with Gasteiger partial charge >= 0.3 is 0 Å². The molecule has 6 nitrogen and oxygen atoms in total. The maximum absolute atomic E-state index is 11.9. The van der Waals surface area contributed by atoms with Gasteiger partial charge in [0, 0.05) is 13.1 Å². The van der Waals surface area contributed by atoms with Crippen molar-refractivity contribution in [1.29, 1.82) is 0 Å². The van der Waals surface area contributed by atoms with E-state index in [2.05, 4.69) is 4.72 Å². The number of rotatable bonds is 6. The molecule has 1 N–H and O–H groups in total. The molecule has 114 valence electrons. The van der Waals surface area contributed by atoms with Crippen LogP contribution in [0.2, 0.25) is 0 Å². The third kappa shape index (κ3) is 4.77. The molecule has 0 radical (unpaired) electrons. The first kappa shape index (κ1) is 16.9. The Morgan fingerprint density at radius 2 is 1.55 bits per heavy atom. The topological polar surface area (TPSA) is 83.6 Å². The Morgan fingerprint density at radius 1 is 1.05 bits per heavy atom.